The lowest BCUT2D eigenvalue weighted by atomic mass is 10.0. The standard InChI is InChI=1S/C45H28N4O/c1-2-13-30(14-3-1)43-46-44(48-45(47-43)36-19-12-24-41-42(36)35-18-7-11-23-40(35)50-41)31-27-25-29(26-28-31)32-15-4-8-20-37(32)49-38-21-9-5-16-33(38)34-17-6-10-22-39(34)49/h1-28H. The number of hydrogen-bond donors (Lipinski definition) is 0. The molecule has 3 heterocycles. The Kier molecular flexibility index (Phi) is 6.42. The van der Waals surface area contributed by atoms with Gasteiger partial charge in [0.15, 0.2) is 17.5 Å². The molecule has 0 atom stereocenters. The second-order valence-electron chi connectivity index (χ2n) is 12.4. The van der Waals surface area contributed by atoms with Gasteiger partial charge in [0.2, 0.25) is 0 Å². The second kappa shape index (κ2) is 11.4. The monoisotopic (exact) mass is 640 g/mol. The molecule has 10 aromatic rings. The van der Waals surface area contributed by atoms with E-state index < -0.39 is 0 Å². The Morgan fingerprint density at radius 1 is 0.360 bits per heavy atom. The van der Waals surface area contributed by atoms with Gasteiger partial charge in [-0.25, -0.2) is 15.0 Å². The summed E-state index contributed by atoms with van der Waals surface area (Å²) in [6.07, 6.45) is 0. The summed E-state index contributed by atoms with van der Waals surface area (Å²) in [7, 11) is 0. The van der Waals surface area contributed by atoms with Gasteiger partial charge < -0.3 is 8.98 Å². The first-order chi connectivity index (χ1) is 24.8. The zero-order valence-electron chi connectivity index (χ0n) is 26.9. The van der Waals surface area contributed by atoms with Crippen molar-refractivity contribution in [1.82, 2.24) is 19.5 Å². The van der Waals surface area contributed by atoms with Gasteiger partial charge in [-0.15, -0.1) is 0 Å². The van der Waals surface area contributed by atoms with Crippen LogP contribution in [0.5, 0.6) is 0 Å². The predicted molar refractivity (Wildman–Crippen MR) is 203 cm³/mol. The van der Waals surface area contributed by atoms with Crippen LogP contribution in [0.3, 0.4) is 0 Å². The highest BCUT2D eigenvalue weighted by Crippen LogP contribution is 2.38. The molecule has 5 heteroatoms. The maximum Gasteiger partial charge on any atom is 0.164 e. The summed E-state index contributed by atoms with van der Waals surface area (Å²) >= 11 is 0. The van der Waals surface area contributed by atoms with Crippen molar-refractivity contribution in [3.8, 4) is 51.0 Å². The minimum absolute atomic E-state index is 0.604. The third-order valence-electron chi connectivity index (χ3n) is 9.49. The van der Waals surface area contributed by atoms with Crippen LogP contribution in [0.4, 0.5) is 0 Å². The van der Waals surface area contributed by atoms with Gasteiger partial charge in [-0.1, -0.05) is 140 Å². The molecule has 50 heavy (non-hydrogen) atoms. The summed E-state index contributed by atoms with van der Waals surface area (Å²) in [4.78, 5) is 15.1. The summed E-state index contributed by atoms with van der Waals surface area (Å²) in [6.45, 7) is 0. The second-order valence-corrected chi connectivity index (χ2v) is 12.4. The fraction of sp³-hybridized carbons (Fsp3) is 0. The largest absolute Gasteiger partial charge is 0.456 e. The fourth-order valence-corrected chi connectivity index (χ4v) is 7.20. The Hall–Kier alpha value is -6.85. The van der Waals surface area contributed by atoms with Crippen LogP contribution in [-0.4, -0.2) is 19.5 Å². The number of benzene rings is 7. The van der Waals surface area contributed by atoms with Gasteiger partial charge in [-0.3, -0.25) is 0 Å². The number of para-hydroxylation sites is 4. The van der Waals surface area contributed by atoms with Gasteiger partial charge in [-0.2, -0.15) is 0 Å². The topological polar surface area (TPSA) is 56.7 Å². The van der Waals surface area contributed by atoms with E-state index in [2.05, 4.69) is 114 Å². The van der Waals surface area contributed by atoms with Crippen molar-refractivity contribution in [2.75, 3.05) is 0 Å². The highest BCUT2D eigenvalue weighted by Gasteiger charge is 2.19. The number of aromatic nitrogens is 4. The number of fused-ring (bicyclic) bond motifs is 6. The van der Waals surface area contributed by atoms with Crippen LogP contribution in [0.2, 0.25) is 0 Å². The molecule has 10 rings (SSSR count). The van der Waals surface area contributed by atoms with Gasteiger partial charge in [0.05, 0.1) is 16.7 Å². The highest BCUT2D eigenvalue weighted by atomic mass is 16.3. The van der Waals surface area contributed by atoms with E-state index in [1.54, 1.807) is 0 Å². The van der Waals surface area contributed by atoms with Gasteiger partial charge >= 0.3 is 0 Å². The van der Waals surface area contributed by atoms with Crippen LogP contribution in [0.25, 0.3) is 94.7 Å². The summed E-state index contributed by atoms with van der Waals surface area (Å²) in [5.41, 5.74) is 10.1. The Morgan fingerprint density at radius 2 is 0.880 bits per heavy atom. The molecule has 5 nitrogen and oxygen atoms in total. The summed E-state index contributed by atoms with van der Waals surface area (Å²) in [6, 6.07) is 58.6. The molecular weight excluding hydrogens is 613 g/mol. The fourth-order valence-electron chi connectivity index (χ4n) is 7.20. The maximum atomic E-state index is 6.21. The molecule has 0 saturated heterocycles. The van der Waals surface area contributed by atoms with Crippen LogP contribution in [0.15, 0.2) is 174 Å². The number of rotatable bonds is 5. The van der Waals surface area contributed by atoms with Crippen molar-refractivity contribution >= 4 is 43.7 Å². The molecule has 0 saturated carbocycles. The predicted octanol–water partition coefficient (Wildman–Crippen LogP) is 11.5. The minimum atomic E-state index is 0.604. The molecule has 0 fully saturated rings. The Bertz CT molecular complexity index is 2810. The minimum Gasteiger partial charge on any atom is -0.456 e. The van der Waals surface area contributed by atoms with Crippen LogP contribution in [-0.2, 0) is 0 Å². The van der Waals surface area contributed by atoms with Crippen molar-refractivity contribution in [2.24, 2.45) is 0 Å². The molecule has 0 aliphatic rings. The van der Waals surface area contributed by atoms with Crippen molar-refractivity contribution < 1.29 is 4.42 Å². The number of furan rings is 1. The van der Waals surface area contributed by atoms with Gasteiger partial charge in [0.1, 0.15) is 11.2 Å². The Balaban J connectivity index is 1.12. The lowest BCUT2D eigenvalue weighted by Gasteiger charge is -2.14. The highest BCUT2D eigenvalue weighted by molar-refractivity contribution is 6.12. The first kappa shape index (κ1) is 28.2. The maximum absolute atomic E-state index is 6.21. The Morgan fingerprint density at radius 3 is 1.62 bits per heavy atom. The Labute approximate surface area is 287 Å². The molecule has 0 aliphatic heterocycles. The molecule has 3 aromatic heterocycles. The van der Waals surface area contributed by atoms with E-state index in [0.717, 1.165) is 55.4 Å². The van der Waals surface area contributed by atoms with Crippen molar-refractivity contribution in [3.05, 3.63) is 170 Å². The zero-order chi connectivity index (χ0) is 33.0. The smallest absolute Gasteiger partial charge is 0.164 e. The van der Waals surface area contributed by atoms with Gasteiger partial charge in [0.25, 0.3) is 0 Å². The van der Waals surface area contributed by atoms with Crippen molar-refractivity contribution in [2.45, 2.75) is 0 Å². The summed E-state index contributed by atoms with van der Waals surface area (Å²) in [5.74, 6) is 1.84. The van der Waals surface area contributed by atoms with Crippen molar-refractivity contribution in [3.63, 3.8) is 0 Å². The number of hydrogen-bond acceptors (Lipinski definition) is 4. The average Bonchev–Trinajstić information content (AvgIpc) is 3.74. The van der Waals surface area contributed by atoms with Crippen LogP contribution in [0.1, 0.15) is 0 Å². The molecule has 0 unspecified atom stereocenters. The molecule has 0 aliphatic carbocycles. The molecule has 0 bridgehead atoms. The lowest BCUT2D eigenvalue weighted by molar-refractivity contribution is 0.669. The van der Waals surface area contributed by atoms with Crippen LogP contribution >= 0.6 is 0 Å². The van der Waals surface area contributed by atoms with Crippen LogP contribution < -0.4 is 0 Å². The van der Waals surface area contributed by atoms with E-state index in [0.29, 0.717) is 17.5 Å². The van der Waals surface area contributed by atoms with Gasteiger partial charge in [0, 0.05) is 43.8 Å². The third-order valence-corrected chi connectivity index (χ3v) is 9.49. The third kappa shape index (κ3) is 4.52. The van der Waals surface area contributed by atoms with E-state index in [-0.39, 0.29) is 0 Å². The normalized spacial score (nSPS) is 11.6. The van der Waals surface area contributed by atoms with Crippen molar-refractivity contribution in [1.29, 1.82) is 0 Å². The number of nitrogens with zero attached hydrogens (tertiary/aromatic N) is 4. The molecular formula is C45H28N4O. The first-order valence-corrected chi connectivity index (χ1v) is 16.7. The molecule has 0 amide bonds. The molecule has 7 aromatic carbocycles. The van der Waals surface area contributed by atoms with Gasteiger partial charge in [-0.05, 0) is 35.9 Å². The average molecular weight is 641 g/mol. The van der Waals surface area contributed by atoms with E-state index >= 15 is 0 Å². The van der Waals surface area contributed by atoms with E-state index in [9.17, 15) is 0 Å². The van der Waals surface area contributed by atoms with E-state index in [1.165, 1.54) is 21.8 Å². The molecule has 234 valence electrons. The van der Waals surface area contributed by atoms with E-state index in [4.69, 9.17) is 19.4 Å². The summed E-state index contributed by atoms with van der Waals surface area (Å²) in [5, 5.41) is 4.52. The van der Waals surface area contributed by atoms with Crippen LogP contribution in [0, 0.1) is 0 Å². The molecule has 0 N–H and O–H groups in total. The first-order valence-electron chi connectivity index (χ1n) is 16.7. The molecule has 0 spiro atoms. The zero-order valence-corrected chi connectivity index (χ0v) is 26.9. The molecule has 0 radical (unpaired) electrons. The summed E-state index contributed by atoms with van der Waals surface area (Å²) < 4.78 is 8.58. The van der Waals surface area contributed by atoms with E-state index in [1.807, 2.05) is 60.7 Å². The SMILES string of the molecule is c1ccc(-c2nc(-c3ccc(-c4ccccc4-n4c5ccccc5c5ccccc54)cc3)nc(-c3cccc4oc5ccccc5c34)n2)cc1. The lowest BCUT2D eigenvalue weighted by Crippen LogP contribution is -2.00. The quantitative estimate of drug-likeness (QED) is 0.188.